The van der Waals surface area contributed by atoms with Gasteiger partial charge < -0.3 is 14.6 Å². The van der Waals surface area contributed by atoms with Crippen molar-refractivity contribution >= 4 is 17.9 Å². The predicted molar refractivity (Wildman–Crippen MR) is 115 cm³/mol. The van der Waals surface area contributed by atoms with Gasteiger partial charge in [-0.3, -0.25) is 0 Å². The highest BCUT2D eigenvalue weighted by Gasteiger charge is 2.19. The van der Waals surface area contributed by atoms with E-state index in [1.54, 1.807) is 49.4 Å². The molecule has 0 saturated heterocycles. The van der Waals surface area contributed by atoms with Crippen LogP contribution >= 0.6 is 0 Å². The van der Waals surface area contributed by atoms with Crippen LogP contribution < -0.4 is 0 Å². The lowest BCUT2D eigenvalue weighted by Crippen LogP contribution is -2.17. The molecule has 0 aromatic heterocycles. The summed E-state index contributed by atoms with van der Waals surface area (Å²) >= 11 is 0. The number of aromatic carboxylic acids is 1. The fraction of sp³-hybridized carbons (Fsp3) is 0.375. The zero-order valence-electron chi connectivity index (χ0n) is 18.2. The number of carbonyl (C=O) groups is 3. The third-order valence-electron chi connectivity index (χ3n) is 3.84. The molecule has 162 valence electrons. The molecule has 0 amide bonds. The van der Waals surface area contributed by atoms with Gasteiger partial charge in [-0.05, 0) is 42.5 Å². The number of ether oxygens (including phenoxy) is 2. The Labute approximate surface area is 177 Å². The van der Waals surface area contributed by atoms with Crippen molar-refractivity contribution < 1.29 is 29.0 Å². The summed E-state index contributed by atoms with van der Waals surface area (Å²) in [7, 11) is 0. The van der Waals surface area contributed by atoms with Crippen LogP contribution in [-0.2, 0) is 9.47 Å². The summed E-state index contributed by atoms with van der Waals surface area (Å²) in [6, 6.07) is 13.5. The minimum Gasteiger partial charge on any atom is -0.478 e. The predicted octanol–water partition coefficient (Wildman–Crippen LogP) is 5.01. The van der Waals surface area contributed by atoms with E-state index in [4.69, 9.17) is 14.6 Å². The van der Waals surface area contributed by atoms with Crippen molar-refractivity contribution in [2.75, 3.05) is 13.2 Å². The summed E-state index contributed by atoms with van der Waals surface area (Å²) in [5.41, 5.74) is 1.68. The van der Waals surface area contributed by atoms with E-state index >= 15 is 0 Å². The number of aryl methyl sites for hydroxylation is 1. The van der Waals surface area contributed by atoms with Crippen LogP contribution in [0.5, 0.6) is 0 Å². The second-order valence-electron chi connectivity index (χ2n) is 7.65. The quantitative estimate of drug-likeness (QED) is 0.641. The molecule has 0 saturated carbocycles. The van der Waals surface area contributed by atoms with Crippen molar-refractivity contribution in [2.24, 2.45) is 11.8 Å². The monoisotopic (exact) mass is 414 g/mol. The molecule has 2 rings (SSSR count). The molecule has 0 spiro atoms. The van der Waals surface area contributed by atoms with Gasteiger partial charge in [0.2, 0.25) is 0 Å². The Hall–Kier alpha value is -3.15. The molecule has 0 fully saturated rings. The Morgan fingerprint density at radius 2 is 1.10 bits per heavy atom. The van der Waals surface area contributed by atoms with Gasteiger partial charge in [-0.2, -0.15) is 0 Å². The number of hydrogen-bond acceptors (Lipinski definition) is 5. The summed E-state index contributed by atoms with van der Waals surface area (Å²) in [5, 5.41) is 8.57. The first-order chi connectivity index (χ1) is 14.1. The van der Waals surface area contributed by atoms with Crippen LogP contribution in [0.25, 0.3) is 0 Å². The lowest BCUT2D eigenvalue weighted by Gasteiger charge is -2.11. The normalized spacial score (nSPS) is 10.2. The summed E-state index contributed by atoms with van der Waals surface area (Å²) in [6.07, 6.45) is 0. The number of benzene rings is 2. The smallest absolute Gasteiger partial charge is 0.339 e. The Kier molecular flexibility index (Phi) is 10.3. The van der Waals surface area contributed by atoms with Gasteiger partial charge in [0.25, 0.3) is 0 Å². The van der Waals surface area contributed by atoms with E-state index in [0.717, 1.165) is 5.56 Å². The largest absolute Gasteiger partial charge is 0.478 e. The lowest BCUT2D eigenvalue weighted by atomic mass is 10.1. The molecular weight excluding hydrogens is 384 g/mol. The van der Waals surface area contributed by atoms with Crippen LogP contribution in [0.1, 0.15) is 64.3 Å². The zero-order chi connectivity index (χ0) is 22.7. The summed E-state index contributed by atoms with van der Waals surface area (Å²) in [4.78, 5) is 34.4. The average Bonchev–Trinajstić information content (AvgIpc) is 2.70. The molecule has 2 aromatic carbocycles. The molecule has 2 aromatic rings. The summed E-state index contributed by atoms with van der Waals surface area (Å²) < 4.78 is 10.3. The fourth-order valence-electron chi connectivity index (χ4n) is 2.29. The van der Waals surface area contributed by atoms with Crippen molar-refractivity contribution in [3.8, 4) is 0 Å². The van der Waals surface area contributed by atoms with E-state index < -0.39 is 17.9 Å². The average molecular weight is 414 g/mol. The highest BCUT2D eigenvalue weighted by Crippen LogP contribution is 2.13. The van der Waals surface area contributed by atoms with Gasteiger partial charge in [0.15, 0.2) is 0 Å². The zero-order valence-corrected chi connectivity index (χ0v) is 18.2. The molecule has 30 heavy (non-hydrogen) atoms. The van der Waals surface area contributed by atoms with Crippen LogP contribution in [-0.4, -0.2) is 36.2 Å². The summed E-state index contributed by atoms with van der Waals surface area (Å²) in [5.74, 6) is -1.34. The van der Waals surface area contributed by atoms with Gasteiger partial charge in [-0.15, -0.1) is 0 Å². The van der Waals surface area contributed by atoms with Crippen molar-refractivity contribution in [1.82, 2.24) is 0 Å². The van der Waals surface area contributed by atoms with Crippen molar-refractivity contribution in [3.05, 3.63) is 70.8 Å². The Morgan fingerprint density at radius 1 is 0.733 bits per heavy atom. The second kappa shape index (κ2) is 12.4. The molecule has 0 unspecified atom stereocenters. The van der Waals surface area contributed by atoms with Gasteiger partial charge in [0.05, 0.1) is 29.9 Å². The van der Waals surface area contributed by atoms with E-state index in [1.807, 2.05) is 33.8 Å². The van der Waals surface area contributed by atoms with Gasteiger partial charge in [-0.25, -0.2) is 14.4 Å². The molecule has 0 radical (unpaired) electrons. The Morgan fingerprint density at radius 3 is 1.40 bits per heavy atom. The Bertz CT molecular complexity index is 811. The standard InChI is InChI=1S/C16H22O4.C8H8O2/c1-11(2)9-19-15(17)13-7-5-6-8-14(13)16(18)20-10-12(3)4;1-6-4-2-3-5-7(6)8(9)10/h5-8,11-12H,9-10H2,1-4H3;2-5H,1H3,(H,9,10). The summed E-state index contributed by atoms with van der Waals surface area (Å²) in [6.45, 7) is 10.3. The molecule has 6 heteroatoms. The van der Waals surface area contributed by atoms with Crippen molar-refractivity contribution in [3.63, 3.8) is 0 Å². The van der Waals surface area contributed by atoms with Crippen LogP contribution in [0, 0.1) is 18.8 Å². The third kappa shape index (κ3) is 8.47. The molecule has 0 heterocycles. The molecule has 1 N–H and O–H groups in total. The molecule has 0 aliphatic rings. The van der Waals surface area contributed by atoms with E-state index in [9.17, 15) is 14.4 Å². The maximum atomic E-state index is 12.0. The van der Waals surface area contributed by atoms with Crippen LogP contribution in [0.2, 0.25) is 0 Å². The number of carboxylic acid groups (broad SMARTS) is 1. The number of hydrogen-bond donors (Lipinski definition) is 1. The van der Waals surface area contributed by atoms with E-state index in [-0.39, 0.29) is 23.0 Å². The van der Waals surface area contributed by atoms with Gasteiger partial charge in [0.1, 0.15) is 0 Å². The lowest BCUT2D eigenvalue weighted by molar-refractivity contribution is 0.0412. The maximum absolute atomic E-state index is 12.0. The van der Waals surface area contributed by atoms with Crippen molar-refractivity contribution in [1.29, 1.82) is 0 Å². The first-order valence-corrected chi connectivity index (χ1v) is 9.85. The molecule has 0 atom stereocenters. The molecular formula is C24H30O6. The maximum Gasteiger partial charge on any atom is 0.339 e. The van der Waals surface area contributed by atoms with Crippen LogP contribution in [0.15, 0.2) is 48.5 Å². The minimum atomic E-state index is -0.863. The highest BCUT2D eigenvalue weighted by atomic mass is 16.5. The number of carboxylic acids is 1. The number of rotatable bonds is 7. The number of carbonyl (C=O) groups excluding carboxylic acids is 2. The van der Waals surface area contributed by atoms with Gasteiger partial charge in [-0.1, -0.05) is 58.0 Å². The van der Waals surface area contributed by atoms with Gasteiger partial charge >= 0.3 is 17.9 Å². The van der Waals surface area contributed by atoms with Crippen LogP contribution in [0.4, 0.5) is 0 Å². The SMILES string of the molecule is CC(C)COC(=O)c1ccccc1C(=O)OCC(C)C.Cc1ccccc1C(=O)O. The van der Waals surface area contributed by atoms with E-state index in [1.165, 1.54) is 0 Å². The van der Waals surface area contributed by atoms with Crippen molar-refractivity contribution in [2.45, 2.75) is 34.6 Å². The van der Waals surface area contributed by atoms with E-state index in [2.05, 4.69) is 0 Å². The first-order valence-electron chi connectivity index (χ1n) is 9.85. The Balaban J connectivity index is 0.000000375. The molecule has 0 aliphatic carbocycles. The molecule has 6 nitrogen and oxygen atoms in total. The molecule has 0 bridgehead atoms. The second-order valence-corrected chi connectivity index (χ2v) is 7.65. The minimum absolute atomic E-state index is 0.249. The third-order valence-corrected chi connectivity index (χ3v) is 3.84. The molecule has 0 aliphatic heterocycles. The number of esters is 2. The fourth-order valence-corrected chi connectivity index (χ4v) is 2.29. The highest BCUT2D eigenvalue weighted by molar-refractivity contribution is 6.03. The van der Waals surface area contributed by atoms with Gasteiger partial charge in [0, 0.05) is 0 Å². The topological polar surface area (TPSA) is 89.9 Å². The first kappa shape index (κ1) is 24.9. The van der Waals surface area contributed by atoms with E-state index in [0.29, 0.717) is 18.8 Å². The van der Waals surface area contributed by atoms with Crippen LogP contribution in [0.3, 0.4) is 0 Å².